The molecule has 0 saturated heterocycles. The van der Waals surface area contributed by atoms with Gasteiger partial charge in [0, 0.05) is 25.3 Å². The summed E-state index contributed by atoms with van der Waals surface area (Å²) in [6.07, 6.45) is 5.33. The summed E-state index contributed by atoms with van der Waals surface area (Å²) >= 11 is 0. The quantitative estimate of drug-likeness (QED) is 0.658. The van der Waals surface area contributed by atoms with E-state index in [0.29, 0.717) is 0 Å². The molecule has 1 N–H and O–H groups in total. The molecule has 19 heavy (non-hydrogen) atoms. The Bertz CT molecular complexity index is 339. The van der Waals surface area contributed by atoms with Gasteiger partial charge in [-0.2, -0.15) is 0 Å². The van der Waals surface area contributed by atoms with E-state index in [-0.39, 0.29) is 0 Å². The molecule has 0 unspecified atom stereocenters. The van der Waals surface area contributed by atoms with E-state index < -0.39 is 0 Å². The molecule has 0 radical (unpaired) electrons. The highest BCUT2D eigenvalue weighted by Crippen LogP contribution is 2.01. The van der Waals surface area contributed by atoms with E-state index in [0.717, 1.165) is 37.6 Å². The van der Waals surface area contributed by atoms with Gasteiger partial charge < -0.3 is 5.32 Å². The molecule has 1 aromatic rings. The standard InChI is InChI=1S/C16H29N3/c1-4-5-6-7-11-17-12-13-19(3)14-16-10-8-9-15(2)18-16/h8-10,17H,4-7,11-14H2,1-3H3. The maximum Gasteiger partial charge on any atom is 0.0547 e. The Labute approximate surface area is 118 Å². The van der Waals surface area contributed by atoms with Gasteiger partial charge in [0.1, 0.15) is 0 Å². The monoisotopic (exact) mass is 263 g/mol. The van der Waals surface area contributed by atoms with Gasteiger partial charge in [-0.3, -0.25) is 9.88 Å². The molecule has 108 valence electrons. The number of aromatic nitrogens is 1. The first-order chi connectivity index (χ1) is 9.22. The topological polar surface area (TPSA) is 28.2 Å². The lowest BCUT2D eigenvalue weighted by atomic mass is 10.2. The maximum atomic E-state index is 4.53. The molecule has 0 atom stereocenters. The van der Waals surface area contributed by atoms with Crippen molar-refractivity contribution in [1.82, 2.24) is 15.2 Å². The van der Waals surface area contributed by atoms with E-state index in [9.17, 15) is 0 Å². The van der Waals surface area contributed by atoms with Gasteiger partial charge in [-0.25, -0.2) is 0 Å². The fourth-order valence-corrected chi connectivity index (χ4v) is 2.11. The van der Waals surface area contributed by atoms with Gasteiger partial charge in [0.15, 0.2) is 0 Å². The third kappa shape index (κ3) is 7.96. The number of nitrogens with one attached hydrogen (secondary N) is 1. The van der Waals surface area contributed by atoms with E-state index in [1.807, 2.05) is 13.0 Å². The van der Waals surface area contributed by atoms with E-state index in [2.05, 4.69) is 41.3 Å². The summed E-state index contributed by atoms with van der Waals surface area (Å²) in [7, 11) is 2.16. The molecule has 3 heteroatoms. The summed E-state index contributed by atoms with van der Waals surface area (Å²) in [4.78, 5) is 6.85. The minimum atomic E-state index is 0.930. The van der Waals surface area contributed by atoms with Crippen molar-refractivity contribution in [1.29, 1.82) is 0 Å². The van der Waals surface area contributed by atoms with Gasteiger partial charge in [0.2, 0.25) is 0 Å². The maximum absolute atomic E-state index is 4.53. The van der Waals surface area contributed by atoms with Crippen LogP contribution in [-0.2, 0) is 6.54 Å². The first-order valence-electron chi connectivity index (χ1n) is 7.54. The van der Waals surface area contributed by atoms with Gasteiger partial charge in [0.05, 0.1) is 5.69 Å². The summed E-state index contributed by atoms with van der Waals surface area (Å²) in [6.45, 7) is 8.51. The Morgan fingerprint density at radius 3 is 2.74 bits per heavy atom. The minimum absolute atomic E-state index is 0.930. The van der Waals surface area contributed by atoms with E-state index >= 15 is 0 Å². The Hall–Kier alpha value is -0.930. The zero-order valence-corrected chi connectivity index (χ0v) is 12.8. The first kappa shape index (κ1) is 16.1. The third-order valence-electron chi connectivity index (χ3n) is 3.26. The predicted molar refractivity (Wildman–Crippen MR) is 82.3 cm³/mol. The minimum Gasteiger partial charge on any atom is -0.315 e. The smallest absolute Gasteiger partial charge is 0.0547 e. The Morgan fingerprint density at radius 2 is 2.00 bits per heavy atom. The largest absolute Gasteiger partial charge is 0.315 e. The van der Waals surface area contributed by atoms with Crippen molar-refractivity contribution in [3.8, 4) is 0 Å². The molecule has 0 aliphatic rings. The normalized spacial score (nSPS) is 11.2. The lowest BCUT2D eigenvalue weighted by Crippen LogP contribution is -2.29. The molecule has 1 rings (SSSR count). The van der Waals surface area contributed by atoms with Crippen LogP contribution in [0.5, 0.6) is 0 Å². The van der Waals surface area contributed by atoms with Crippen molar-refractivity contribution in [2.75, 3.05) is 26.7 Å². The molecule has 0 aromatic carbocycles. The lowest BCUT2D eigenvalue weighted by molar-refractivity contribution is 0.320. The second-order valence-corrected chi connectivity index (χ2v) is 5.32. The molecule has 0 bridgehead atoms. The zero-order chi connectivity index (χ0) is 13.9. The van der Waals surface area contributed by atoms with Crippen LogP contribution in [-0.4, -0.2) is 36.6 Å². The van der Waals surface area contributed by atoms with E-state index in [1.54, 1.807) is 0 Å². The number of unbranched alkanes of at least 4 members (excludes halogenated alkanes) is 3. The highest BCUT2D eigenvalue weighted by atomic mass is 15.1. The van der Waals surface area contributed by atoms with E-state index in [1.165, 1.54) is 25.7 Å². The van der Waals surface area contributed by atoms with Crippen LogP contribution in [0.1, 0.15) is 44.0 Å². The van der Waals surface area contributed by atoms with Crippen LogP contribution in [0.25, 0.3) is 0 Å². The molecule has 0 amide bonds. The number of aryl methyl sites for hydroxylation is 1. The number of likely N-dealkylation sites (N-methyl/N-ethyl adjacent to an activating group) is 1. The Morgan fingerprint density at radius 1 is 1.16 bits per heavy atom. The first-order valence-corrected chi connectivity index (χ1v) is 7.54. The van der Waals surface area contributed by atoms with Crippen molar-refractivity contribution in [2.45, 2.75) is 46.1 Å². The molecule has 0 aliphatic carbocycles. The lowest BCUT2D eigenvalue weighted by Gasteiger charge is -2.16. The van der Waals surface area contributed by atoms with Crippen LogP contribution in [0.4, 0.5) is 0 Å². The molecular formula is C16H29N3. The zero-order valence-electron chi connectivity index (χ0n) is 12.8. The highest BCUT2D eigenvalue weighted by molar-refractivity contribution is 5.09. The molecule has 3 nitrogen and oxygen atoms in total. The van der Waals surface area contributed by atoms with Crippen LogP contribution < -0.4 is 5.32 Å². The van der Waals surface area contributed by atoms with Gasteiger partial charge in [-0.15, -0.1) is 0 Å². The second kappa shape index (κ2) is 9.93. The second-order valence-electron chi connectivity index (χ2n) is 5.32. The van der Waals surface area contributed by atoms with Gasteiger partial charge in [-0.1, -0.05) is 32.3 Å². The van der Waals surface area contributed by atoms with Crippen LogP contribution in [0.3, 0.4) is 0 Å². The van der Waals surface area contributed by atoms with Crippen LogP contribution >= 0.6 is 0 Å². The van der Waals surface area contributed by atoms with Crippen molar-refractivity contribution in [3.05, 3.63) is 29.6 Å². The number of hydrogen-bond donors (Lipinski definition) is 1. The number of hydrogen-bond acceptors (Lipinski definition) is 3. The average molecular weight is 263 g/mol. The number of nitrogens with zero attached hydrogens (tertiary/aromatic N) is 2. The average Bonchev–Trinajstić information content (AvgIpc) is 2.37. The molecular weight excluding hydrogens is 234 g/mol. The van der Waals surface area contributed by atoms with Crippen LogP contribution in [0.15, 0.2) is 18.2 Å². The fraction of sp³-hybridized carbons (Fsp3) is 0.688. The fourth-order valence-electron chi connectivity index (χ4n) is 2.11. The van der Waals surface area contributed by atoms with E-state index in [4.69, 9.17) is 0 Å². The number of pyridine rings is 1. The van der Waals surface area contributed by atoms with Crippen molar-refractivity contribution in [2.24, 2.45) is 0 Å². The molecule has 1 aromatic heterocycles. The predicted octanol–water partition coefficient (Wildman–Crippen LogP) is 2.99. The summed E-state index contributed by atoms with van der Waals surface area (Å²) < 4.78 is 0. The molecule has 0 aliphatic heterocycles. The summed E-state index contributed by atoms with van der Waals surface area (Å²) in [5.74, 6) is 0. The molecule has 1 heterocycles. The highest BCUT2D eigenvalue weighted by Gasteiger charge is 2.01. The SMILES string of the molecule is CCCCCCNCCN(C)Cc1cccc(C)n1. The Balaban J connectivity index is 2.06. The summed E-state index contributed by atoms with van der Waals surface area (Å²) in [6, 6.07) is 6.22. The number of rotatable bonds is 10. The third-order valence-corrected chi connectivity index (χ3v) is 3.26. The Kier molecular flexibility index (Phi) is 8.43. The molecule has 0 fully saturated rings. The van der Waals surface area contributed by atoms with Crippen LogP contribution in [0.2, 0.25) is 0 Å². The van der Waals surface area contributed by atoms with Crippen molar-refractivity contribution < 1.29 is 0 Å². The summed E-state index contributed by atoms with van der Waals surface area (Å²) in [5.41, 5.74) is 2.25. The van der Waals surface area contributed by atoms with Crippen molar-refractivity contribution >= 4 is 0 Å². The van der Waals surface area contributed by atoms with Gasteiger partial charge in [0.25, 0.3) is 0 Å². The van der Waals surface area contributed by atoms with Crippen LogP contribution in [0, 0.1) is 6.92 Å². The van der Waals surface area contributed by atoms with Gasteiger partial charge >= 0.3 is 0 Å². The summed E-state index contributed by atoms with van der Waals surface area (Å²) in [5, 5.41) is 3.51. The van der Waals surface area contributed by atoms with Crippen molar-refractivity contribution in [3.63, 3.8) is 0 Å². The van der Waals surface area contributed by atoms with Gasteiger partial charge in [-0.05, 0) is 39.1 Å². The molecule has 0 saturated carbocycles. The molecule has 0 spiro atoms.